The number of carbonyl (C=O) groups excluding carboxylic acids is 1. The summed E-state index contributed by atoms with van der Waals surface area (Å²) in [5.74, 6) is 0.592. The van der Waals surface area contributed by atoms with Crippen LogP contribution in [-0.4, -0.2) is 21.3 Å². The highest BCUT2D eigenvalue weighted by Crippen LogP contribution is 2.28. The number of thioether (sulfide) groups is 1. The molecule has 0 radical (unpaired) electrons. The molecule has 29 heavy (non-hydrogen) atoms. The zero-order chi connectivity index (χ0) is 20.1. The highest BCUT2D eigenvalue weighted by Gasteiger charge is 2.13. The van der Waals surface area contributed by atoms with Crippen molar-refractivity contribution < 1.29 is 13.7 Å². The fraction of sp³-hybridized carbons (Fsp3) is 0.100. The topological polar surface area (TPSA) is 80.9 Å². The normalized spacial score (nSPS) is 10.8. The number of amides is 1. The fourth-order valence-electron chi connectivity index (χ4n) is 2.51. The van der Waals surface area contributed by atoms with E-state index in [2.05, 4.69) is 20.7 Å². The molecule has 1 amide bonds. The van der Waals surface area contributed by atoms with Gasteiger partial charge in [-0.15, -0.1) is 10.2 Å². The second-order valence-corrected chi connectivity index (χ2v) is 8.26. The van der Waals surface area contributed by atoms with E-state index in [9.17, 15) is 9.18 Å². The standard InChI is InChI=1S/C20H15FN4O2S2/c21-15-8-6-13(7-9-15)12-28-20-24-23-19(29-20)22-18(26)11-16-10-17(25-27-16)14-4-2-1-3-5-14/h1-10H,11-12H2,(H,22,23,26). The van der Waals surface area contributed by atoms with Crippen LogP contribution in [0.3, 0.4) is 0 Å². The summed E-state index contributed by atoms with van der Waals surface area (Å²) >= 11 is 2.76. The molecule has 0 saturated heterocycles. The van der Waals surface area contributed by atoms with Gasteiger partial charge in [0.1, 0.15) is 17.3 Å². The van der Waals surface area contributed by atoms with Crippen LogP contribution < -0.4 is 5.32 Å². The van der Waals surface area contributed by atoms with Gasteiger partial charge >= 0.3 is 0 Å². The van der Waals surface area contributed by atoms with Crippen molar-refractivity contribution in [3.05, 3.63) is 77.8 Å². The SMILES string of the molecule is O=C(Cc1cc(-c2ccccc2)no1)Nc1nnc(SCc2ccc(F)cc2)s1. The largest absolute Gasteiger partial charge is 0.360 e. The average molecular weight is 426 g/mol. The van der Waals surface area contributed by atoms with Gasteiger partial charge < -0.3 is 9.84 Å². The third-order valence-electron chi connectivity index (χ3n) is 3.89. The van der Waals surface area contributed by atoms with Crippen molar-refractivity contribution in [3.8, 4) is 11.3 Å². The molecule has 1 N–H and O–H groups in total. The van der Waals surface area contributed by atoms with Crippen LogP contribution in [0.4, 0.5) is 9.52 Å². The Hall–Kier alpha value is -3.04. The van der Waals surface area contributed by atoms with Gasteiger partial charge in [-0.1, -0.05) is 70.7 Å². The number of aromatic nitrogens is 3. The summed E-state index contributed by atoms with van der Waals surface area (Å²) in [5.41, 5.74) is 2.59. The molecule has 2 aromatic heterocycles. The third kappa shape index (κ3) is 5.27. The highest BCUT2D eigenvalue weighted by molar-refractivity contribution is 8.00. The Morgan fingerprint density at radius 3 is 2.69 bits per heavy atom. The zero-order valence-corrected chi connectivity index (χ0v) is 16.7. The van der Waals surface area contributed by atoms with E-state index in [0.717, 1.165) is 15.5 Å². The maximum Gasteiger partial charge on any atom is 0.233 e. The van der Waals surface area contributed by atoms with Crippen molar-refractivity contribution in [2.24, 2.45) is 0 Å². The van der Waals surface area contributed by atoms with Crippen LogP contribution in [0.2, 0.25) is 0 Å². The molecule has 0 bridgehead atoms. The molecule has 4 aromatic rings. The van der Waals surface area contributed by atoms with E-state index in [1.54, 1.807) is 18.2 Å². The minimum atomic E-state index is -0.262. The van der Waals surface area contributed by atoms with Gasteiger partial charge in [0.2, 0.25) is 11.0 Å². The van der Waals surface area contributed by atoms with Crippen LogP contribution in [0.1, 0.15) is 11.3 Å². The van der Waals surface area contributed by atoms with Gasteiger partial charge in [0.25, 0.3) is 0 Å². The molecule has 4 rings (SSSR count). The Balaban J connectivity index is 1.30. The monoisotopic (exact) mass is 426 g/mol. The Bertz CT molecular complexity index is 1100. The Kier molecular flexibility index (Phi) is 5.97. The van der Waals surface area contributed by atoms with Crippen LogP contribution in [0.25, 0.3) is 11.3 Å². The smallest absolute Gasteiger partial charge is 0.233 e. The van der Waals surface area contributed by atoms with Crippen molar-refractivity contribution >= 4 is 34.1 Å². The minimum absolute atomic E-state index is 0.0530. The molecule has 146 valence electrons. The van der Waals surface area contributed by atoms with Gasteiger partial charge in [-0.05, 0) is 17.7 Å². The molecule has 6 nitrogen and oxygen atoms in total. The van der Waals surface area contributed by atoms with Crippen molar-refractivity contribution in [2.45, 2.75) is 16.5 Å². The summed E-state index contributed by atoms with van der Waals surface area (Å²) in [4.78, 5) is 12.2. The molecule has 2 aromatic carbocycles. The fourth-order valence-corrected chi connectivity index (χ4v) is 4.23. The Labute approximate surface area is 174 Å². The molecule has 0 atom stereocenters. The van der Waals surface area contributed by atoms with E-state index in [1.807, 2.05) is 30.3 Å². The first-order valence-corrected chi connectivity index (χ1v) is 10.5. The second kappa shape index (κ2) is 8.97. The first-order chi connectivity index (χ1) is 14.2. The van der Waals surface area contributed by atoms with Crippen molar-refractivity contribution in [1.82, 2.24) is 15.4 Å². The number of anilines is 1. The average Bonchev–Trinajstić information content (AvgIpc) is 3.38. The van der Waals surface area contributed by atoms with Crippen LogP contribution in [0.5, 0.6) is 0 Å². The molecular formula is C20H15FN4O2S2. The Morgan fingerprint density at radius 1 is 1.10 bits per heavy atom. The number of hydrogen-bond donors (Lipinski definition) is 1. The first kappa shape index (κ1) is 19.3. The van der Waals surface area contributed by atoms with Crippen molar-refractivity contribution in [2.75, 3.05) is 5.32 Å². The maximum absolute atomic E-state index is 12.9. The molecule has 0 aliphatic rings. The van der Waals surface area contributed by atoms with E-state index in [0.29, 0.717) is 22.3 Å². The molecule has 0 fully saturated rings. The third-order valence-corrected chi connectivity index (χ3v) is 5.93. The number of halogens is 1. The molecule has 2 heterocycles. The van der Waals surface area contributed by atoms with Crippen LogP contribution in [0, 0.1) is 5.82 Å². The summed E-state index contributed by atoms with van der Waals surface area (Å²) in [6.45, 7) is 0. The number of rotatable bonds is 7. The summed E-state index contributed by atoms with van der Waals surface area (Å²) in [5, 5.41) is 15.2. The second-order valence-electron chi connectivity index (χ2n) is 6.06. The number of nitrogens with zero attached hydrogens (tertiary/aromatic N) is 3. The first-order valence-electron chi connectivity index (χ1n) is 8.67. The lowest BCUT2D eigenvalue weighted by molar-refractivity contribution is -0.115. The minimum Gasteiger partial charge on any atom is -0.360 e. The molecule has 9 heteroatoms. The van der Waals surface area contributed by atoms with Gasteiger partial charge in [0, 0.05) is 17.4 Å². The number of hydrogen-bond acceptors (Lipinski definition) is 7. The molecule has 0 unspecified atom stereocenters. The van der Waals surface area contributed by atoms with Crippen LogP contribution in [0.15, 0.2) is 69.5 Å². The Morgan fingerprint density at radius 2 is 1.90 bits per heavy atom. The predicted octanol–water partition coefficient (Wildman–Crippen LogP) is 4.81. The molecule has 0 aliphatic carbocycles. The van der Waals surface area contributed by atoms with E-state index in [-0.39, 0.29) is 18.1 Å². The van der Waals surface area contributed by atoms with Crippen LogP contribution in [-0.2, 0) is 17.0 Å². The zero-order valence-electron chi connectivity index (χ0n) is 15.0. The number of carbonyl (C=O) groups is 1. The van der Waals surface area contributed by atoms with Crippen LogP contribution >= 0.6 is 23.1 Å². The lowest BCUT2D eigenvalue weighted by Crippen LogP contribution is -2.13. The molecule has 0 spiro atoms. The van der Waals surface area contributed by atoms with Crippen molar-refractivity contribution in [3.63, 3.8) is 0 Å². The van der Waals surface area contributed by atoms with Gasteiger partial charge in [-0.3, -0.25) is 4.79 Å². The highest BCUT2D eigenvalue weighted by atomic mass is 32.2. The number of nitrogens with one attached hydrogen (secondary N) is 1. The van der Waals surface area contributed by atoms with E-state index in [1.165, 1.54) is 35.2 Å². The maximum atomic E-state index is 12.9. The lowest BCUT2D eigenvalue weighted by Gasteiger charge is -1.98. The summed E-state index contributed by atoms with van der Waals surface area (Å²) in [6.07, 6.45) is 0.0530. The van der Waals surface area contributed by atoms with E-state index in [4.69, 9.17) is 4.52 Å². The van der Waals surface area contributed by atoms with E-state index < -0.39 is 0 Å². The summed E-state index contributed by atoms with van der Waals surface area (Å²) in [6, 6.07) is 17.7. The summed E-state index contributed by atoms with van der Waals surface area (Å²) in [7, 11) is 0. The summed E-state index contributed by atoms with van der Waals surface area (Å²) < 4.78 is 18.9. The van der Waals surface area contributed by atoms with Gasteiger partial charge in [-0.2, -0.15) is 0 Å². The molecular weight excluding hydrogens is 411 g/mol. The van der Waals surface area contributed by atoms with Gasteiger partial charge in [-0.25, -0.2) is 4.39 Å². The quantitative estimate of drug-likeness (QED) is 0.338. The van der Waals surface area contributed by atoms with Gasteiger partial charge in [0.05, 0.1) is 6.42 Å². The number of benzene rings is 2. The molecule has 0 aliphatic heterocycles. The van der Waals surface area contributed by atoms with Crippen molar-refractivity contribution in [1.29, 1.82) is 0 Å². The lowest BCUT2D eigenvalue weighted by atomic mass is 10.1. The van der Waals surface area contributed by atoms with Gasteiger partial charge in [0.15, 0.2) is 4.34 Å². The van der Waals surface area contributed by atoms with E-state index >= 15 is 0 Å². The predicted molar refractivity (Wildman–Crippen MR) is 110 cm³/mol. The molecule has 0 saturated carbocycles.